The largest absolute Gasteiger partial charge is 0.497 e. The predicted octanol–water partition coefficient (Wildman–Crippen LogP) is 5.38. The van der Waals surface area contributed by atoms with Crippen molar-refractivity contribution in [1.82, 2.24) is 0 Å². The highest BCUT2D eigenvalue weighted by Gasteiger charge is 2.50. The fourth-order valence-corrected chi connectivity index (χ4v) is 9.16. The van der Waals surface area contributed by atoms with Crippen LogP contribution in [0.5, 0.6) is 5.75 Å². The first-order valence-electron chi connectivity index (χ1n) is 12.3. The van der Waals surface area contributed by atoms with Crippen molar-refractivity contribution in [3.63, 3.8) is 0 Å². The van der Waals surface area contributed by atoms with Crippen molar-refractivity contribution in [2.24, 2.45) is 5.92 Å². The highest BCUT2D eigenvalue weighted by molar-refractivity contribution is 6.99. The number of carbonyl (C=O) groups is 1. The number of hydrogen-bond acceptors (Lipinski definition) is 4. The van der Waals surface area contributed by atoms with Gasteiger partial charge in [0.05, 0.1) is 26.2 Å². The molecular weight excluding hydrogens is 452 g/mol. The van der Waals surface area contributed by atoms with E-state index in [2.05, 4.69) is 69.3 Å². The fourth-order valence-electron chi connectivity index (χ4n) is 4.55. The van der Waals surface area contributed by atoms with Crippen LogP contribution in [0.4, 0.5) is 0 Å². The van der Waals surface area contributed by atoms with Crippen molar-refractivity contribution in [2.45, 2.75) is 45.8 Å². The molecule has 3 aromatic carbocycles. The molecule has 0 fully saturated rings. The maximum Gasteiger partial charge on any atom is 0.261 e. The van der Waals surface area contributed by atoms with Crippen LogP contribution in [-0.4, -0.2) is 34.4 Å². The molecule has 3 aromatic rings. The summed E-state index contributed by atoms with van der Waals surface area (Å²) in [5.74, 6) is 0.657. The third-order valence-corrected chi connectivity index (χ3v) is 11.5. The minimum atomic E-state index is -2.71. The number of Topliss-reactive ketones (excluding diaryl/α,β-unsaturated/α-hetero) is 1. The Morgan fingerprint density at radius 2 is 1.37 bits per heavy atom. The molecule has 0 unspecified atom stereocenters. The van der Waals surface area contributed by atoms with Gasteiger partial charge in [0.15, 0.2) is 0 Å². The lowest BCUT2D eigenvalue weighted by atomic mass is 10.0. The molecule has 0 spiro atoms. The summed E-state index contributed by atoms with van der Waals surface area (Å²) in [6.45, 7) is 9.75. The molecular formula is C30H38O4Si. The second-order valence-corrected chi connectivity index (χ2v) is 14.2. The van der Waals surface area contributed by atoms with Gasteiger partial charge in [-0.05, 0) is 33.1 Å². The van der Waals surface area contributed by atoms with E-state index >= 15 is 0 Å². The van der Waals surface area contributed by atoms with Gasteiger partial charge in [0, 0.05) is 13.0 Å². The Balaban J connectivity index is 1.84. The number of methoxy groups -OCH3 is 1. The first-order valence-corrected chi connectivity index (χ1v) is 14.2. The third kappa shape index (κ3) is 6.48. The Labute approximate surface area is 211 Å². The second kappa shape index (κ2) is 12.3. The summed E-state index contributed by atoms with van der Waals surface area (Å²) in [4.78, 5) is 12.9. The van der Waals surface area contributed by atoms with E-state index in [0.29, 0.717) is 26.2 Å². The minimum Gasteiger partial charge on any atom is -0.497 e. The molecule has 0 aromatic heterocycles. The molecule has 0 N–H and O–H groups in total. The lowest BCUT2D eigenvalue weighted by Gasteiger charge is -2.43. The molecule has 0 radical (unpaired) electrons. The van der Waals surface area contributed by atoms with Crippen LogP contribution in [0.2, 0.25) is 5.04 Å². The van der Waals surface area contributed by atoms with Gasteiger partial charge in [-0.3, -0.25) is 4.79 Å². The zero-order chi connectivity index (χ0) is 25.3. The molecule has 0 saturated heterocycles. The van der Waals surface area contributed by atoms with Gasteiger partial charge in [0.2, 0.25) is 0 Å². The summed E-state index contributed by atoms with van der Waals surface area (Å²) in [5, 5.41) is 2.28. The quantitative estimate of drug-likeness (QED) is 0.320. The minimum absolute atomic E-state index is 0.139. The molecule has 186 valence electrons. The Morgan fingerprint density at radius 3 is 1.83 bits per heavy atom. The van der Waals surface area contributed by atoms with Crippen molar-refractivity contribution < 1.29 is 18.7 Å². The van der Waals surface area contributed by atoms with E-state index in [9.17, 15) is 4.79 Å². The number of benzene rings is 3. The molecule has 4 nitrogen and oxygen atoms in total. The van der Waals surface area contributed by atoms with Gasteiger partial charge in [-0.25, -0.2) is 0 Å². The van der Waals surface area contributed by atoms with Crippen LogP contribution >= 0.6 is 0 Å². The fraction of sp³-hybridized carbons (Fsp3) is 0.367. The van der Waals surface area contributed by atoms with E-state index < -0.39 is 8.32 Å². The molecule has 0 aliphatic heterocycles. The van der Waals surface area contributed by atoms with Gasteiger partial charge in [-0.1, -0.05) is 100 Å². The maximum atomic E-state index is 12.9. The van der Waals surface area contributed by atoms with Crippen LogP contribution in [0.15, 0.2) is 84.9 Å². The van der Waals surface area contributed by atoms with Crippen molar-refractivity contribution in [2.75, 3.05) is 20.3 Å². The lowest BCUT2D eigenvalue weighted by Crippen LogP contribution is -2.67. The molecule has 5 heteroatoms. The lowest BCUT2D eigenvalue weighted by molar-refractivity contribution is -0.126. The molecule has 35 heavy (non-hydrogen) atoms. The summed E-state index contributed by atoms with van der Waals surface area (Å²) < 4.78 is 18.2. The summed E-state index contributed by atoms with van der Waals surface area (Å²) in [6.07, 6.45) is 0.459. The van der Waals surface area contributed by atoms with Gasteiger partial charge in [-0.2, -0.15) is 0 Å². The van der Waals surface area contributed by atoms with E-state index in [1.54, 1.807) is 7.11 Å². The van der Waals surface area contributed by atoms with Crippen molar-refractivity contribution in [3.05, 3.63) is 90.5 Å². The van der Waals surface area contributed by atoms with Gasteiger partial charge >= 0.3 is 0 Å². The normalized spacial score (nSPS) is 12.8. The van der Waals surface area contributed by atoms with Gasteiger partial charge in [-0.15, -0.1) is 0 Å². The first-order chi connectivity index (χ1) is 16.8. The Bertz CT molecular complexity index is 1000. The molecule has 0 amide bonds. The number of carbonyl (C=O) groups excluding carboxylic acids is 1. The third-order valence-electron chi connectivity index (χ3n) is 6.47. The molecule has 1 atom stereocenters. The molecule has 0 saturated carbocycles. The maximum absolute atomic E-state index is 12.9. The van der Waals surface area contributed by atoms with Crippen LogP contribution in [0.3, 0.4) is 0 Å². The van der Waals surface area contributed by atoms with Crippen LogP contribution in [0.25, 0.3) is 0 Å². The summed E-state index contributed by atoms with van der Waals surface area (Å²) in [5.41, 5.74) is 1.04. The smallest absolute Gasteiger partial charge is 0.261 e. The summed E-state index contributed by atoms with van der Waals surface area (Å²) in [7, 11) is -1.06. The van der Waals surface area contributed by atoms with Crippen LogP contribution < -0.4 is 15.1 Å². The summed E-state index contributed by atoms with van der Waals surface area (Å²) >= 11 is 0. The van der Waals surface area contributed by atoms with Gasteiger partial charge < -0.3 is 13.9 Å². The van der Waals surface area contributed by atoms with Crippen LogP contribution in [0.1, 0.15) is 39.7 Å². The highest BCUT2D eigenvalue weighted by atomic mass is 28.4. The first kappa shape index (κ1) is 26.9. The Morgan fingerprint density at radius 1 is 0.829 bits per heavy atom. The highest BCUT2D eigenvalue weighted by Crippen LogP contribution is 2.37. The number of ketones is 1. The predicted molar refractivity (Wildman–Crippen MR) is 145 cm³/mol. The Kier molecular flexibility index (Phi) is 9.44. The molecule has 0 bridgehead atoms. The summed E-state index contributed by atoms with van der Waals surface area (Å²) in [6, 6.07) is 28.8. The number of hydrogen-bond donors (Lipinski definition) is 0. The number of ether oxygens (including phenoxy) is 2. The number of rotatable bonds is 12. The second-order valence-electron chi connectivity index (χ2n) is 9.85. The standard InChI is InChI=1S/C30H38O4Si/c1-6-29(31)25(22-33-21-24-17-19-26(32-5)20-18-24)23-34-35(30(2,3)4,27-13-9-7-10-14-27)28-15-11-8-12-16-28/h7-20,25H,6,21-23H2,1-5H3/t25-/m0/s1. The molecule has 0 aliphatic rings. The van der Waals surface area contributed by atoms with E-state index in [4.69, 9.17) is 13.9 Å². The van der Waals surface area contributed by atoms with E-state index in [1.165, 1.54) is 10.4 Å². The van der Waals surface area contributed by atoms with Crippen molar-refractivity contribution >= 4 is 24.5 Å². The van der Waals surface area contributed by atoms with Gasteiger partial charge in [0.1, 0.15) is 11.5 Å². The SMILES string of the molecule is CCC(=O)[C@@H](COCc1ccc(OC)cc1)CO[Si](c1ccccc1)(c1ccccc1)C(C)(C)C. The average Bonchev–Trinajstić information content (AvgIpc) is 2.88. The van der Waals surface area contributed by atoms with Crippen molar-refractivity contribution in [1.29, 1.82) is 0 Å². The molecule has 0 aliphatic carbocycles. The van der Waals surface area contributed by atoms with Crippen LogP contribution in [-0.2, 0) is 20.6 Å². The van der Waals surface area contributed by atoms with E-state index in [1.807, 2.05) is 43.3 Å². The topological polar surface area (TPSA) is 44.8 Å². The van der Waals surface area contributed by atoms with Crippen LogP contribution in [0, 0.1) is 5.92 Å². The van der Waals surface area contributed by atoms with Crippen molar-refractivity contribution in [3.8, 4) is 5.75 Å². The zero-order valence-corrected chi connectivity index (χ0v) is 22.6. The Hall–Kier alpha value is -2.73. The monoisotopic (exact) mass is 490 g/mol. The van der Waals surface area contributed by atoms with E-state index in [0.717, 1.165) is 11.3 Å². The van der Waals surface area contributed by atoms with Gasteiger partial charge in [0.25, 0.3) is 8.32 Å². The average molecular weight is 491 g/mol. The molecule has 3 rings (SSSR count). The van der Waals surface area contributed by atoms with E-state index in [-0.39, 0.29) is 16.7 Å². The zero-order valence-electron chi connectivity index (χ0n) is 21.6. The molecule has 0 heterocycles.